The van der Waals surface area contributed by atoms with Gasteiger partial charge in [-0.25, -0.2) is 28.8 Å². The van der Waals surface area contributed by atoms with Crippen molar-refractivity contribution in [2.24, 2.45) is 0 Å². The first-order valence-corrected chi connectivity index (χ1v) is 11.0. The molecule has 0 aromatic heterocycles. The van der Waals surface area contributed by atoms with Gasteiger partial charge in [-0.1, -0.05) is 37.4 Å². The molecule has 0 atom stereocenters. The topological polar surface area (TPSA) is 182 Å². The fourth-order valence-corrected chi connectivity index (χ4v) is 2.27. The zero-order chi connectivity index (χ0) is 28.2. The molecule has 14 nitrogen and oxygen atoms in total. The Bertz CT molecular complexity index is 912. The highest BCUT2D eigenvalue weighted by Crippen LogP contribution is 2.04. The van der Waals surface area contributed by atoms with Crippen LogP contribution in [-0.2, 0) is 60.7 Å². The smallest absolute Gasteiger partial charge is 0.407 e. The normalized spacial score (nSPS) is 9.68. The Balaban J connectivity index is 2.15. The first-order valence-electron chi connectivity index (χ1n) is 11.0. The molecule has 2 N–H and O–H groups in total. The maximum absolute atomic E-state index is 11.7. The molecule has 0 saturated carbocycles. The zero-order valence-corrected chi connectivity index (χ0v) is 20.4. The molecule has 0 bridgehead atoms. The van der Waals surface area contributed by atoms with Gasteiger partial charge in [0.25, 0.3) is 0 Å². The molecule has 1 aromatic rings. The molecule has 0 aliphatic heterocycles. The van der Waals surface area contributed by atoms with E-state index in [2.05, 4.69) is 33.3 Å². The van der Waals surface area contributed by atoms with E-state index in [-0.39, 0.29) is 39.5 Å². The molecule has 0 unspecified atom stereocenters. The van der Waals surface area contributed by atoms with E-state index in [1.807, 2.05) is 0 Å². The van der Waals surface area contributed by atoms with Crippen molar-refractivity contribution in [2.45, 2.75) is 13.1 Å². The minimum atomic E-state index is -0.793. The van der Waals surface area contributed by atoms with Gasteiger partial charge < -0.3 is 39.1 Å². The van der Waals surface area contributed by atoms with Crippen molar-refractivity contribution in [3.8, 4) is 0 Å². The summed E-state index contributed by atoms with van der Waals surface area (Å²) in [5, 5.41) is 5.04. The van der Waals surface area contributed by atoms with Gasteiger partial charge >= 0.3 is 36.1 Å². The van der Waals surface area contributed by atoms with Gasteiger partial charge in [-0.3, -0.25) is 0 Å². The quantitative estimate of drug-likeness (QED) is 0.131. The Morgan fingerprint density at radius 2 is 0.921 bits per heavy atom. The molecule has 206 valence electrons. The summed E-state index contributed by atoms with van der Waals surface area (Å²) in [5.74, 6) is -3.11. The van der Waals surface area contributed by atoms with Crippen LogP contribution in [0.4, 0.5) is 9.59 Å². The number of hydrogen-bond acceptors (Lipinski definition) is 12. The molecular weight excluding hydrogens is 508 g/mol. The van der Waals surface area contributed by atoms with Crippen LogP contribution in [0.15, 0.2) is 49.6 Å². The molecule has 0 aliphatic carbocycles. The molecule has 0 aliphatic rings. The van der Waals surface area contributed by atoms with Gasteiger partial charge in [0.1, 0.15) is 26.4 Å². The molecule has 0 fully saturated rings. The average molecular weight is 536 g/mol. The lowest BCUT2D eigenvalue weighted by atomic mass is 10.1. The first kappa shape index (κ1) is 31.2. The van der Waals surface area contributed by atoms with E-state index in [4.69, 9.17) is 18.9 Å². The molecular formula is C24H28N2O12. The van der Waals surface area contributed by atoms with Gasteiger partial charge in [-0.2, -0.15) is 0 Å². The molecule has 0 spiro atoms. The number of nitrogens with one attached hydrogen (secondary N) is 2. The second kappa shape index (κ2) is 18.4. The van der Waals surface area contributed by atoms with E-state index in [9.17, 15) is 28.8 Å². The van der Waals surface area contributed by atoms with E-state index in [0.717, 1.165) is 23.3 Å². The van der Waals surface area contributed by atoms with Crippen LogP contribution < -0.4 is 10.6 Å². The molecule has 0 saturated heterocycles. The molecule has 2 amide bonds. The van der Waals surface area contributed by atoms with Crippen molar-refractivity contribution >= 4 is 36.1 Å². The molecule has 1 aromatic carbocycles. The number of hydrogen-bond donors (Lipinski definition) is 2. The minimum absolute atomic E-state index is 0.164. The second-order valence-electron chi connectivity index (χ2n) is 6.86. The highest BCUT2D eigenvalue weighted by molar-refractivity contribution is 5.84. The summed E-state index contributed by atoms with van der Waals surface area (Å²) in [7, 11) is 0. The van der Waals surface area contributed by atoms with Gasteiger partial charge in [-0.05, 0) is 11.1 Å². The van der Waals surface area contributed by atoms with Crippen LogP contribution in [0.1, 0.15) is 11.1 Å². The van der Waals surface area contributed by atoms with E-state index in [1.165, 1.54) is 0 Å². The van der Waals surface area contributed by atoms with Crippen LogP contribution in [0.3, 0.4) is 0 Å². The third-order valence-electron chi connectivity index (χ3n) is 4.05. The molecule has 14 heteroatoms. The van der Waals surface area contributed by atoms with Crippen molar-refractivity contribution in [3.63, 3.8) is 0 Å². The summed E-state index contributed by atoms with van der Waals surface area (Å²) in [5.41, 5.74) is 1.51. The van der Waals surface area contributed by atoms with E-state index in [1.54, 1.807) is 24.3 Å². The lowest BCUT2D eigenvalue weighted by molar-refractivity contribution is -0.156. The Labute approximate surface area is 217 Å². The maximum atomic E-state index is 11.7. The standard InChI is InChI=1S/C24H28N2O12/c1-3-19(27)37-15-21(29)33-9-11-35-23(31)25-13-17-5-7-18(8-6-17)14-26-24(32)36-12-10-34-22(30)16-38-20(28)4-2/h3-8H,1-2,9-16H2,(H,25,31)(H,26,32). The number of carbonyl (C=O) groups excluding carboxylic acids is 6. The Kier molecular flexibility index (Phi) is 15.1. The number of amides is 2. The van der Waals surface area contributed by atoms with Crippen LogP contribution in [0.2, 0.25) is 0 Å². The van der Waals surface area contributed by atoms with E-state index < -0.39 is 49.3 Å². The molecule has 1 rings (SSSR count). The van der Waals surface area contributed by atoms with Crippen LogP contribution in [0.5, 0.6) is 0 Å². The van der Waals surface area contributed by atoms with Gasteiger partial charge in [0, 0.05) is 25.2 Å². The Morgan fingerprint density at radius 3 is 1.26 bits per heavy atom. The van der Waals surface area contributed by atoms with Gasteiger partial charge in [0.2, 0.25) is 0 Å². The van der Waals surface area contributed by atoms with Gasteiger partial charge in [-0.15, -0.1) is 0 Å². The van der Waals surface area contributed by atoms with Crippen LogP contribution in [0, 0.1) is 0 Å². The second-order valence-corrected chi connectivity index (χ2v) is 6.86. The van der Waals surface area contributed by atoms with E-state index in [0.29, 0.717) is 0 Å². The fourth-order valence-electron chi connectivity index (χ4n) is 2.27. The third kappa shape index (κ3) is 15.2. The minimum Gasteiger partial charge on any atom is -0.460 e. The zero-order valence-electron chi connectivity index (χ0n) is 20.4. The SMILES string of the molecule is C=CC(=O)OCC(=O)OCCOC(=O)NCc1ccc(CNC(=O)OCCOC(=O)COC(=O)C=C)cc1. The van der Waals surface area contributed by atoms with Crippen molar-refractivity contribution < 1.29 is 57.2 Å². The van der Waals surface area contributed by atoms with Gasteiger partial charge in [0.15, 0.2) is 13.2 Å². The van der Waals surface area contributed by atoms with Crippen LogP contribution in [0.25, 0.3) is 0 Å². The molecule has 0 heterocycles. The highest BCUT2D eigenvalue weighted by atomic mass is 16.6. The molecule has 38 heavy (non-hydrogen) atoms. The fraction of sp³-hybridized carbons (Fsp3) is 0.333. The summed E-state index contributed by atoms with van der Waals surface area (Å²) in [4.78, 5) is 67.7. The van der Waals surface area contributed by atoms with Crippen LogP contribution >= 0.6 is 0 Å². The molecule has 0 radical (unpaired) electrons. The summed E-state index contributed by atoms with van der Waals surface area (Å²) in [6.45, 7) is 4.75. The average Bonchev–Trinajstić information content (AvgIpc) is 2.93. The number of ether oxygens (including phenoxy) is 6. The maximum Gasteiger partial charge on any atom is 0.407 e. The van der Waals surface area contributed by atoms with Crippen molar-refractivity contribution in [2.75, 3.05) is 39.6 Å². The lowest BCUT2D eigenvalue weighted by Gasteiger charge is -2.09. The predicted octanol–water partition coefficient (Wildman–Crippen LogP) is 0.684. The Morgan fingerprint density at radius 1 is 0.579 bits per heavy atom. The summed E-state index contributed by atoms with van der Waals surface area (Å²) in [6.07, 6.45) is 0.363. The Hall–Kier alpha value is -4.88. The number of carbonyl (C=O) groups is 6. The summed E-state index contributed by atoms with van der Waals surface area (Å²) >= 11 is 0. The first-order chi connectivity index (χ1) is 18.2. The largest absolute Gasteiger partial charge is 0.460 e. The van der Waals surface area contributed by atoms with Crippen molar-refractivity contribution in [1.82, 2.24) is 10.6 Å². The van der Waals surface area contributed by atoms with Crippen molar-refractivity contribution in [3.05, 3.63) is 60.7 Å². The summed E-state index contributed by atoms with van der Waals surface area (Å²) in [6, 6.07) is 6.92. The van der Waals surface area contributed by atoms with Gasteiger partial charge in [0.05, 0.1) is 0 Å². The number of alkyl carbamates (subject to hydrolysis) is 2. The number of esters is 4. The summed E-state index contributed by atoms with van der Waals surface area (Å²) < 4.78 is 28.2. The van der Waals surface area contributed by atoms with Crippen molar-refractivity contribution in [1.29, 1.82) is 0 Å². The third-order valence-corrected chi connectivity index (χ3v) is 4.05. The number of benzene rings is 1. The van der Waals surface area contributed by atoms with Crippen LogP contribution in [-0.4, -0.2) is 75.7 Å². The monoisotopic (exact) mass is 536 g/mol. The number of rotatable bonds is 16. The predicted molar refractivity (Wildman–Crippen MR) is 127 cm³/mol. The highest BCUT2D eigenvalue weighted by Gasteiger charge is 2.09. The van der Waals surface area contributed by atoms with E-state index >= 15 is 0 Å². The lowest BCUT2D eigenvalue weighted by Crippen LogP contribution is -2.26.